The number of sulfonamides is 1. The van der Waals surface area contributed by atoms with Crippen LogP contribution in [-0.2, 0) is 19.6 Å². The molecule has 0 radical (unpaired) electrons. The maximum Gasteiger partial charge on any atom is 0.335 e. The Morgan fingerprint density at radius 3 is 2.37 bits per heavy atom. The SMILES string of the molecule is CC=C(C(=O)OCC)C(NS(=O)(=O)c1ccc(C)cc1)c1ccccc1Br. The molecule has 0 bridgehead atoms. The van der Waals surface area contributed by atoms with E-state index in [9.17, 15) is 13.2 Å². The number of allylic oxidation sites excluding steroid dienone is 1. The van der Waals surface area contributed by atoms with Crippen LogP contribution in [0.25, 0.3) is 0 Å². The van der Waals surface area contributed by atoms with E-state index >= 15 is 0 Å². The summed E-state index contributed by atoms with van der Waals surface area (Å²) in [7, 11) is -3.86. The molecule has 0 heterocycles. The largest absolute Gasteiger partial charge is 0.463 e. The first-order chi connectivity index (χ1) is 12.8. The van der Waals surface area contributed by atoms with Crippen LogP contribution < -0.4 is 4.72 Å². The average Bonchev–Trinajstić information content (AvgIpc) is 2.62. The van der Waals surface area contributed by atoms with E-state index in [2.05, 4.69) is 20.7 Å². The maximum atomic E-state index is 12.9. The van der Waals surface area contributed by atoms with Crippen LogP contribution in [0, 0.1) is 6.92 Å². The van der Waals surface area contributed by atoms with E-state index in [0.717, 1.165) is 5.56 Å². The summed E-state index contributed by atoms with van der Waals surface area (Å²) in [6.07, 6.45) is 1.57. The number of hydrogen-bond acceptors (Lipinski definition) is 4. The minimum Gasteiger partial charge on any atom is -0.463 e. The fourth-order valence-corrected chi connectivity index (χ4v) is 4.27. The van der Waals surface area contributed by atoms with E-state index in [0.29, 0.717) is 10.0 Å². The Morgan fingerprint density at radius 1 is 1.19 bits per heavy atom. The van der Waals surface area contributed by atoms with Crippen LogP contribution in [0.15, 0.2) is 69.5 Å². The Hall–Kier alpha value is -1.96. The van der Waals surface area contributed by atoms with Gasteiger partial charge in [0, 0.05) is 4.47 Å². The van der Waals surface area contributed by atoms with Crippen LogP contribution in [0.2, 0.25) is 0 Å². The third-order valence-electron chi connectivity index (χ3n) is 3.95. The normalized spacial score (nSPS) is 13.3. The van der Waals surface area contributed by atoms with Gasteiger partial charge >= 0.3 is 5.97 Å². The molecule has 0 saturated heterocycles. The fraction of sp³-hybridized carbons (Fsp3) is 0.250. The van der Waals surface area contributed by atoms with Crippen LogP contribution in [0.1, 0.15) is 31.0 Å². The molecule has 0 aliphatic rings. The molecule has 5 nitrogen and oxygen atoms in total. The Labute approximate surface area is 168 Å². The third-order valence-corrected chi connectivity index (χ3v) is 6.11. The smallest absolute Gasteiger partial charge is 0.335 e. The van der Waals surface area contributed by atoms with Crippen molar-refractivity contribution in [3.63, 3.8) is 0 Å². The molecule has 0 fully saturated rings. The number of benzene rings is 2. The minimum atomic E-state index is -3.86. The number of aryl methyl sites for hydroxylation is 1. The summed E-state index contributed by atoms with van der Waals surface area (Å²) < 4.78 is 34.3. The summed E-state index contributed by atoms with van der Waals surface area (Å²) in [6, 6.07) is 12.8. The van der Waals surface area contributed by atoms with Gasteiger partial charge in [0.25, 0.3) is 0 Å². The lowest BCUT2D eigenvalue weighted by molar-refractivity contribution is -0.138. The summed E-state index contributed by atoms with van der Waals surface area (Å²) in [6.45, 7) is 5.46. The van der Waals surface area contributed by atoms with Crippen molar-refractivity contribution in [1.29, 1.82) is 0 Å². The van der Waals surface area contributed by atoms with Gasteiger partial charge in [-0.25, -0.2) is 13.2 Å². The zero-order valence-electron chi connectivity index (χ0n) is 15.4. The Bertz CT molecular complexity index is 937. The van der Waals surface area contributed by atoms with Crippen LogP contribution >= 0.6 is 15.9 Å². The lowest BCUT2D eigenvalue weighted by atomic mass is 9.99. The molecule has 7 heteroatoms. The Kier molecular flexibility index (Phi) is 7.35. The highest BCUT2D eigenvalue weighted by Gasteiger charge is 2.29. The number of nitrogens with one attached hydrogen (secondary N) is 1. The van der Waals surface area contributed by atoms with Crippen molar-refractivity contribution in [3.05, 3.63) is 75.8 Å². The number of rotatable bonds is 7. The fourth-order valence-electron chi connectivity index (χ4n) is 2.56. The van der Waals surface area contributed by atoms with E-state index < -0.39 is 22.0 Å². The van der Waals surface area contributed by atoms with Crippen LogP contribution in [0.5, 0.6) is 0 Å². The molecule has 1 N–H and O–H groups in total. The zero-order chi connectivity index (χ0) is 20.0. The first kappa shape index (κ1) is 21.3. The number of hydrogen-bond donors (Lipinski definition) is 1. The molecule has 0 saturated carbocycles. The molecule has 2 aromatic carbocycles. The van der Waals surface area contributed by atoms with Crippen molar-refractivity contribution in [2.24, 2.45) is 0 Å². The molecule has 2 rings (SSSR count). The van der Waals surface area contributed by atoms with Gasteiger partial charge in [-0.1, -0.05) is 57.9 Å². The molecule has 0 aliphatic carbocycles. The summed E-state index contributed by atoms with van der Waals surface area (Å²) in [4.78, 5) is 12.6. The number of ether oxygens (including phenoxy) is 1. The standard InChI is InChI=1S/C20H22BrNO4S/c1-4-16(20(23)26-5-2)19(17-8-6-7-9-18(17)21)22-27(24,25)15-12-10-14(3)11-13-15/h4,6-13,19,22H,5H2,1-3H3. The molecule has 144 valence electrons. The molecule has 0 amide bonds. The second-order valence-electron chi connectivity index (χ2n) is 5.85. The summed E-state index contributed by atoms with van der Waals surface area (Å²) >= 11 is 3.44. The second kappa shape index (κ2) is 9.30. The van der Waals surface area contributed by atoms with Crippen molar-refractivity contribution >= 4 is 31.9 Å². The monoisotopic (exact) mass is 451 g/mol. The van der Waals surface area contributed by atoms with Gasteiger partial charge in [-0.2, -0.15) is 4.72 Å². The molecule has 27 heavy (non-hydrogen) atoms. The Balaban J connectivity index is 2.51. The Morgan fingerprint density at radius 2 is 1.81 bits per heavy atom. The van der Waals surface area contributed by atoms with Crippen LogP contribution in [0.4, 0.5) is 0 Å². The highest BCUT2D eigenvalue weighted by molar-refractivity contribution is 9.10. The number of halogens is 1. The van der Waals surface area contributed by atoms with E-state index in [1.165, 1.54) is 12.1 Å². The first-order valence-corrected chi connectivity index (χ1v) is 10.7. The topological polar surface area (TPSA) is 72.5 Å². The predicted octanol–water partition coefficient (Wildman–Crippen LogP) is 4.29. The molecular formula is C20H22BrNO4S. The van der Waals surface area contributed by atoms with Crippen molar-refractivity contribution < 1.29 is 17.9 Å². The lowest BCUT2D eigenvalue weighted by Gasteiger charge is -2.22. The van der Waals surface area contributed by atoms with Crippen molar-refractivity contribution in [3.8, 4) is 0 Å². The molecule has 2 aromatic rings. The van der Waals surface area contributed by atoms with Gasteiger partial charge in [0.2, 0.25) is 10.0 Å². The van der Waals surface area contributed by atoms with E-state index in [1.54, 1.807) is 50.3 Å². The minimum absolute atomic E-state index is 0.129. The molecular weight excluding hydrogens is 430 g/mol. The molecule has 1 unspecified atom stereocenters. The zero-order valence-corrected chi connectivity index (χ0v) is 17.8. The summed E-state index contributed by atoms with van der Waals surface area (Å²) in [5, 5.41) is 0. The molecule has 0 aliphatic heterocycles. The van der Waals surface area contributed by atoms with E-state index in [4.69, 9.17) is 4.74 Å². The molecule has 0 aromatic heterocycles. The van der Waals surface area contributed by atoms with Crippen molar-refractivity contribution in [2.45, 2.75) is 31.7 Å². The average molecular weight is 452 g/mol. The quantitative estimate of drug-likeness (QED) is 0.503. The van der Waals surface area contributed by atoms with Gasteiger partial charge < -0.3 is 4.74 Å². The first-order valence-electron chi connectivity index (χ1n) is 8.47. The van der Waals surface area contributed by atoms with Gasteiger partial charge in [-0.3, -0.25) is 0 Å². The van der Waals surface area contributed by atoms with Gasteiger partial charge in [-0.15, -0.1) is 0 Å². The predicted molar refractivity (Wildman–Crippen MR) is 109 cm³/mol. The summed E-state index contributed by atoms with van der Waals surface area (Å²) in [5.41, 5.74) is 1.80. The van der Waals surface area contributed by atoms with Gasteiger partial charge in [-0.05, 0) is 44.5 Å². The van der Waals surface area contributed by atoms with Crippen LogP contribution in [-0.4, -0.2) is 21.0 Å². The summed E-state index contributed by atoms with van der Waals surface area (Å²) in [5.74, 6) is -0.563. The lowest BCUT2D eigenvalue weighted by Crippen LogP contribution is -2.33. The van der Waals surface area contributed by atoms with E-state index in [-0.39, 0.29) is 17.1 Å². The second-order valence-corrected chi connectivity index (χ2v) is 8.42. The highest BCUT2D eigenvalue weighted by Crippen LogP contribution is 2.31. The molecule has 1 atom stereocenters. The highest BCUT2D eigenvalue weighted by atomic mass is 79.9. The van der Waals surface area contributed by atoms with E-state index in [1.807, 2.05) is 13.0 Å². The van der Waals surface area contributed by atoms with Crippen LogP contribution in [0.3, 0.4) is 0 Å². The molecule has 0 spiro atoms. The van der Waals surface area contributed by atoms with Gasteiger partial charge in [0.15, 0.2) is 0 Å². The van der Waals surface area contributed by atoms with Crippen molar-refractivity contribution in [1.82, 2.24) is 4.72 Å². The number of esters is 1. The number of carbonyl (C=O) groups is 1. The van der Waals surface area contributed by atoms with Gasteiger partial charge in [0.05, 0.1) is 23.1 Å². The maximum absolute atomic E-state index is 12.9. The van der Waals surface area contributed by atoms with Crippen molar-refractivity contribution in [2.75, 3.05) is 6.61 Å². The third kappa shape index (κ3) is 5.28. The number of carbonyl (C=O) groups excluding carboxylic acids is 1. The van der Waals surface area contributed by atoms with Gasteiger partial charge in [0.1, 0.15) is 0 Å².